The molecule has 0 aromatic heterocycles. The summed E-state index contributed by atoms with van der Waals surface area (Å²) in [7, 11) is 1.61. The van der Waals surface area contributed by atoms with Crippen LogP contribution < -0.4 is 10.4 Å². The first-order valence-electron chi connectivity index (χ1n) is 5.18. The third-order valence-corrected chi connectivity index (χ3v) is 3.00. The monoisotopic (exact) mass is 234 g/mol. The molecule has 0 bridgehead atoms. The number of para-hydroxylation sites is 1. The molecule has 5 nitrogen and oxygen atoms in total. The number of fused-ring (bicyclic) bond motifs is 1. The normalized spacial score (nSPS) is 22.5. The predicted molar refractivity (Wildman–Crippen MR) is 62.4 cm³/mol. The molecule has 0 fully saturated rings. The van der Waals surface area contributed by atoms with Crippen LogP contribution in [0.1, 0.15) is 12.0 Å². The van der Waals surface area contributed by atoms with Crippen LogP contribution in [0.2, 0.25) is 0 Å². The molecular formula is C12H14N2O3. The molecule has 1 aromatic carbocycles. The fourth-order valence-electron chi connectivity index (χ4n) is 2.14. The van der Waals surface area contributed by atoms with Crippen LogP contribution in [-0.4, -0.2) is 23.3 Å². The quantitative estimate of drug-likeness (QED) is 0.674. The molecule has 1 aliphatic rings. The van der Waals surface area contributed by atoms with Crippen LogP contribution in [0, 0.1) is 0 Å². The van der Waals surface area contributed by atoms with E-state index in [1.165, 1.54) is 4.90 Å². The average Bonchev–Trinajstić information content (AvgIpc) is 2.53. The molecular weight excluding hydrogens is 220 g/mol. The number of amides is 1. The van der Waals surface area contributed by atoms with Crippen molar-refractivity contribution in [2.45, 2.75) is 12.0 Å². The Labute approximate surface area is 98.9 Å². The molecule has 1 unspecified atom stereocenters. The summed E-state index contributed by atoms with van der Waals surface area (Å²) < 4.78 is 0. The van der Waals surface area contributed by atoms with E-state index in [1.54, 1.807) is 31.3 Å². The van der Waals surface area contributed by atoms with E-state index in [2.05, 4.69) is 6.58 Å². The van der Waals surface area contributed by atoms with Crippen molar-refractivity contribution in [3.8, 4) is 0 Å². The van der Waals surface area contributed by atoms with Gasteiger partial charge in [-0.05, 0) is 6.07 Å². The van der Waals surface area contributed by atoms with Gasteiger partial charge >= 0.3 is 0 Å². The van der Waals surface area contributed by atoms with Crippen molar-refractivity contribution < 1.29 is 15.1 Å². The van der Waals surface area contributed by atoms with Gasteiger partial charge in [-0.3, -0.25) is 15.5 Å². The molecule has 2 rings (SSSR count). The second-order valence-corrected chi connectivity index (χ2v) is 4.13. The Morgan fingerprint density at radius 1 is 1.53 bits per heavy atom. The van der Waals surface area contributed by atoms with Crippen molar-refractivity contribution in [2.24, 2.45) is 0 Å². The molecule has 0 radical (unpaired) electrons. The molecule has 90 valence electrons. The average molecular weight is 234 g/mol. The minimum Gasteiger partial charge on any atom is -0.375 e. The first-order chi connectivity index (χ1) is 8.00. The number of anilines is 1. The van der Waals surface area contributed by atoms with Crippen molar-refractivity contribution in [2.75, 3.05) is 11.9 Å². The number of hydrogen-bond donors (Lipinski definition) is 3. The van der Waals surface area contributed by atoms with Crippen molar-refractivity contribution in [3.63, 3.8) is 0 Å². The first kappa shape index (κ1) is 11.6. The Morgan fingerprint density at radius 3 is 2.82 bits per heavy atom. The topological polar surface area (TPSA) is 72.8 Å². The molecule has 1 heterocycles. The van der Waals surface area contributed by atoms with Crippen LogP contribution >= 0.6 is 0 Å². The zero-order valence-electron chi connectivity index (χ0n) is 9.47. The van der Waals surface area contributed by atoms with Crippen LogP contribution in [0.25, 0.3) is 0 Å². The number of carbonyl (C=O) groups is 1. The number of benzene rings is 1. The zero-order chi connectivity index (χ0) is 12.6. The molecule has 0 aliphatic carbocycles. The van der Waals surface area contributed by atoms with Gasteiger partial charge in [0.15, 0.2) is 5.60 Å². The highest BCUT2D eigenvalue weighted by atomic mass is 16.5. The van der Waals surface area contributed by atoms with Gasteiger partial charge in [0.1, 0.15) is 0 Å². The summed E-state index contributed by atoms with van der Waals surface area (Å²) in [4.78, 5) is 13.5. The lowest BCUT2D eigenvalue weighted by Crippen LogP contribution is -2.39. The van der Waals surface area contributed by atoms with Gasteiger partial charge in [-0.1, -0.05) is 24.8 Å². The van der Waals surface area contributed by atoms with E-state index >= 15 is 0 Å². The summed E-state index contributed by atoms with van der Waals surface area (Å²) in [6.07, 6.45) is -0.0658. The number of likely N-dealkylation sites (N-methyl/N-ethyl adjacent to an activating group) is 1. The maximum atomic E-state index is 12.1. The second-order valence-electron chi connectivity index (χ2n) is 4.13. The standard InChI is InChI=1S/C12H14N2O3/c1-8(13-17)7-12(16)9-5-3-4-6-10(9)14(2)11(12)15/h3-6,13,16-17H,1,7H2,2H3. The van der Waals surface area contributed by atoms with Crippen LogP contribution in [-0.2, 0) is 10.4 Å². The largest absolute Gasteiger partial charge is 0.375 e. The molecule has 0 saturated carbocycles. The number of nitrogens with one attached hydrogen (secondary N) is 1. The number of nitrogens with zero attached hydrogens (tertiary/aromatic N) is 1. The van der Waals surface area contributed by atoms with E-state index in [0.29, 0.717) is 11.3 Å². The third kappa shape index (κ3) is 1.60. The Bertz CT molecular complexity index is 486. The Kier molecular flexibility index (Phi) is 2.65. The van der Waals surface area contributed by atoms with Crippen molar-refractivity contribution in [1.29, 1.82) is 0 Å². The fraction of sp³-hybridized carbons (Fsp3) is 0.250. The number of hydrogen-bond acceptors (Lipinski definition) is 4. The summed E-state index contributed by atoms with van der Waals surface area (Å²) >= 11 is 0. The highest BCUT2D eigenvalue weighted by Gasteiger charge is 2.48. The smallest absolute Gasteiger partial charge is 0.263 e. The highest BCUT2D eigenvalue weighted by molar-refractivity contribution is 6.06. The van der Waals surface area contributed by atoms with Gasteiger partial charge in [-0.2, -0.15) is 0 Å². The maximum absolute atomic E-state index is 12.1. The predicted octanol–water partition coefficient (Wildman–Crippen LogP) is 0.733. The van der Waals surface area contributed by atoms with Gasteiger partial charge < -0.3 is 10.0 Å². The molecule has 1 amide bonds. The van der Waals surface area contributed by atoms with Crippen molar-refractivity contribution in [1.82, 2.24) is 5.48 Å². The first-order valence-corrected chi connectivity index (χ1v) is 5.18. The van der Waals surface area contributed by atoms with Gasteiger partial charge in [0, 0.05) is 24.7 Å². The number of hydroxylamine groups is 1. The Morgan fingerprint density at radius 2 is 2.18 bits per heavy atom. The third-order valence-electron chi connectivity index (χ3n) is 3.00. The molecule has 1 atom stereocenters. The van der Waals surface area contributed by atoms with E-state index in [0.717, 1.165) is 0 Å². The Hall–Kier alpha value is -1.85. The number of aliphatic hydroxyl groups is 1. The molecule has 0 spiro atoms. The lowest BCUT2D eigenvalue weighted by molar-refractivity contribution is -0.136. The summed E-state index contributed by atoms with van der Waals surface area (Å²) in [6.45, 7) is 3.52. The van der Waals surface area contributed by atoms with E-state index in [1.807, 2.05) is 5.48 Å². The fourth-order valence-corrected chi connectivity index (χ4v) is 2.14. The van der Waals surface area contributed by atoms with E-state index in [9.17, 15) is 9.90 Å². The van der Waals surface area contributed by atoms with Crippen LogP contribution in [0.4, 0.5) is 5.69 Å². The van der Waals surface area contributed by atoms with Gasteiger partial charge in [0.25, 0.3) is 5.91 Å². The van der Waals surface area contributed by atoms with Gasteiger partial charge in [0.2, 0.25) is 0 Å². The van der Waals surface area contributed by atoms with E-state index < -0.39 is 11.5 Å². The Balaban J connectivity index is 2.48. The molecule has 1 aliphatic heterocycles. The van der Waals surface area contributed by atoms with E-state index in [4.69, 9.17) is 5.21 Å². The van der Waals surface area contributed by atoms with Crippen LogP contribution in [0.3, 0.4) is 0 Å². The molecule has 1 aromatic rings. The minimum absolute atomic E-state index is 0.0658. The summed E-state index contributed by atoms with van der Waals surface area (Å²) in [5.41, 5.74) is 1.59. The molecule has 17 heavy (non-hydrogen) atoms. The minimum atomic E-state index is -1.65. The van der Waals surface area contributed by atoms with Crippen molar-refractivity contribution in [3.05, 3.63) is 42.1 Å². The van der Waals surface area contributed by atoms with Crippen LogP contribution in [0.15, 0.2) is 36.5 Å². The lowest BCUT2D eigenvalue weighted by Gasteiger charge is -2.22. The molecule has 0 saturated heterocycles. The lowest BCUT2D eigenvalue weighted by atomic mass is 9.91. The van der Waals surface area contributed by atoms with Gasteiger partial charge in [0.05, 0.1) is 5.69 Å². The molecule has 3 N–H and O–H groups in total. The number of carbonyl (C=O) groups excluding carboxylic acids is 1. The van der Waals surface area contributed by atoms with E-state index in [-0.39, 0.29) is 12.1 Å². The summed E-state index contributed by atoms with van der Waals surface area (Å²) in [5.74, 6) is -0.421. The highest BCUT2D eigenvalue weighted by Crippen LogP contribution is 2.42. The SMILES string of the molecule is C=C(CC1(O)C(=O)N(C)c2ccccc21)NO. The van der Waals surface area contributed by atoms with Crippen LogP contribution in [0.5, 0.6) is 0 Å². The zero-order valence-corrected chi connectivity index (χ0v) is 9.47. The summed E-state index contributed by atoms with van der Waals surface area (Å²) in [6, 6.07) is 7.01. The second kappa shape index (κ2) is 3.87. The summed E-state index contributed by atoms with van der Waals surface area (Å²) in [5, 5.41) is 19.2. The molecule has 5 heteroatoms. The van der Waals surface area contributed by atoms with Gasteiger partial charge in [-0.25, -0.2) is 0 Å². The number of rotatable bonds is 3. The van der Waals surface area contributed by atoms with Gasteiger partial charge in [-0.15, -0.1) is 0 Å². The van der Waals surface area contributed by atoms with Crippen molar-refractivity contribution >= 4 is 11.6 Å². The maximum Gasteiger partial charge on any atom is 0.263 e.